The van der Waals surface area contributed by atoms with Gasteiger partial charge in [-0.05, 0) is 38.2 Å². The van der Waals surface area contributed by atoms with Crippen LogP contribution in [0, 0.1) is 5.82 Å². The predicted octanol–water partition coefficient (Wildman–Crippen LogP) is 5.63. The van der Waals surface area contributed by atoms with Gasteiger partial charge < -0.3 is 14.4 Å². The average molecular weight is 422 g/mol. The van der Waals surface area contributed by atoms with Crippen LogP contribution in [0.3, 0.4) is 0 Å². The Morgan fingerprint density at radius 1 is 1.22 bits per heavy atom. The van der Waals surface area contributed by atoms with Gasteiger partial charge in [0.1, 0.15) is 23.1 Å². The smallest absolute Gasteiger partial charge is 0.264 e. The number of fused-ring (bicyclic) bond motifs is 2. The van der Waals surface area contributed by atoms with E-state index >= 15 is 0 Å². The van der Waals surface area contributed by atoms with Crippen LogP contribution in [-0.2, 0) is 0 Å². The number of hydrogen-bond donors (Lipinski definition) is 0. The van der Waals surface area contributed by atoms with Crippen molar-refractivity contribution in [1.29, 1.82) is 0 Å². The van der Waals surface area contributed by atoms with Gasteiger partial charge in [0.05, 0.1) is 17.9 Å². The van der Waals surface area contributed by atoms with E-state index in [2.05, 4.69) is 19.6 Å². The molecular weight excluding hydrogens is 397 g/mol. The van der Waals surface area contributed by atoms with Crippen molar-refractivity contribution in [3.63, 3.8) is 0 Å². The maximum Gasteiger partial charge on any atom is 0.264 e. The molecule has 3 nitrogen and oxygen atoms in total. The first kappa shape index (κ1) is 20.2. The van der Waals surface area contributed by atoms with E-state index in [0.29, 0.717) is 21.6 Å². The second-order valence-electron chi connectivity index (χ2n) is 7.33. The maximum atomic E-state index is 15.0. The second kappa shape index (κ2) is 7.81. The van der Waals surface area contributed by atoms with E-state index in [9.17, 15) is 4.39 Å². The monoisotopic (exact) mass is 421 g/mol. The fourth-order valence-electron chi connectivity index (χ4n) is 3.05. The van der Waals surface area contributed by atoms with Crippen LogP contribution >= 0.6 is 24.0 Å². The summed E-state index contributed by atoms with van der Waals surface area (Å²) in [5, 5.41) is 1.32. The Hall–Kier alpha value is -1.57. The zero-order valence-corrected chi connectivity index (χ0v) is 18.9. The Bertz CT molecular complexity index is 879. The molecule has 0 spiro atoms. The molecule has 1 heterocycles. The third kappa shape index (κ3) is 4.00. The van der Waals surface area contributed by atoms with Crippen molar-refractivity contribution in [2.75, 3.05) is 13.1 Å². The molecule has 3 rings (SSSR count). The van der Waals surface area contributed by atoms with Gasteiger partial charge in [-0.1, -0.05) is 43.5 Å². The topological polar surface area (TPSA) is 21.7 Å². The van der Waals surface area contributed by atoms with Crippen LogP contribution in [0.25, 0.3) is 0 Å². The van der Waals surface area contributed by atoms with Crippen LogP contribution < -0.4 is 14.7 Å². The zero-order chi connectivity index (χ0) is 19.8. The molecule has 144 valence electrons. The third-order valence-electron chi connectivity index (χ3n) is 4.40. The minimum absolute atomic E-state index is 0.344. The summed E-state index contributed by atoms with van der Waals surface area (Å²) in [6.45, 7) is 12.1. The summed E-state index contributed by atoms with van der Waals surface area (Å²) in [5.74, 6) is 1.46. The highest BCUT2D eigenvalue weighted by molar-refractivity contribution is 7.99. The lowest BCUT2D eigenvalue weighted by atomic mass is 10.3. The molecule has 2 aromatic rings. The lowest BCUT2D eigenvalue weighted by Gasteiger charge is -2.30. The molecule has 0 N–H and O–H groups in total. The molecule has 0 aromatic heterocycles. The van der Waals surface area contributed by atoms with E-state index in [1.54, 1.807) is 0 Å². The molecule has 0 radical (unpaired) electrons. The van der Waals surface area contributed by atoms with Gasteiger partial charge in [0.15, 0.2) is 0 Å². The molecule has 2 aromatic carbocycles. The van der Waals surface area contributed by atoms with E-state index in [1.807, 2.05) is 43.0 Å². The fraction of sp³-hybridized carbons (Fsp3) is 0.350. The molecule has 0 saturated heterocycles. The van der Waals surface area contributed by atoms with Crippen molar-refractivity contribution < 1.29 is 13.9 Å². The van der Waals surface area contributed by atoms with Crippen LogP contribution in [0.1, 0.15) is 13.8 Å². The van der Waals surface area contributed by atoms with Gasteiger partial charge in [0.25, 0.3) is 5.17 Å². The maximum absolute atomic E-state index is 15.0. The van der Waals surface area contributed by atoms with E-state index < -0.39 is 8.07 Å². The Morgan fingerprint density at radius 3 is 2.52 bits per heavy atom. The molecule has 1 aliphatic heterocycles. The SMILES string of the molecule is CCN(CC)C(=S)Oc1cc(F)c2c(c1[Si](C)(C)C)Oc1ccccc1S2. The Balaban J connectivity index is 2.11. The molecule has 27 heavy (non-hydrogen) atoms. The summed E-state index contributed by atoms with van der Waals surface area (Å²) in [7, 11) is -1.93. The van der Waals surface area contributed by atoms with E-state index in [-0.39, 0.29) is 5.82 Å². The molecule has 0 amide bonds. The number of benzene rings is 2. The quantitative estimate of drug-likeness (QED) is 0.401. The van der Waals surface area contributed by atoms with Gasteiger partial charge in [0, 0.05) is 24.3 Å². The largest absolute Gasteiger partial charge is 0.455 e. The van der Waals surface area contributed by atoms with Gasteiger partial charge >= 0.3 is 0 Å². The lowest BCUT2D eigenvalue weighted by Crippen LogP contribution is -2.42. The Labute approximate surface area is 170 Å². The summed E-state index contributed by atoms with van der Waals surface area (Å²) in [5.41, 5.74) is 0. The Morgan fingerprint density at radius 2 is 1.89 bits per heavy atom. The molecule has 0 atom stereocenters. The Kier molecular flexibility index (Phi) is 5.84. The third-order valence-corrected chi connectivity index (χ3v) is 7.85. The molecule has 0 aliphatic carbocycles. The van der Waals surface area contributed by atoms with Gasteiger partial charge in [-0.25, -0.2) is 4.39 Å². The fourth-order valence-corrected chi connectivity index (χ4v) is 6.18. The number of thiocarbonyl (C=S) groups is 1. The van der Waals surface area contributed by atoms with Gasteiger partial charge in [-0.2, -0.15) is 0 Å². The van der Waals surface area contributed by atoms with E-state index in [1.165, 1.54) is 17.8 Å². The average Bonchev–Trinajstić information content (AvgIpc) is 2.60. The van der Waals surface area contributed by atoms with Crippen LogP contribution in [-0.4, -0.2) is 31.2 Å². The first-order chi connectivity index (χ1) is 12.8. The minimum Gasteiger partial charge on any atom is -0.455 e. The number of rotatable bonds is 4. The molecule has 7 heteroatoms. The van der Waals surface area contributed by atoms with Gasteiger partial charge in [-0.15, -0.1) is 0 Å². The number of nitrogens with zero attached hydrogens (tertiary/aromatic N) is 1. The molecule has 0 fully saturated rings. The number of para-hydroxylation sites is 1. The van der Waals surface area contributed by atoms with E-state index in [0.717, 1.165) is 28.9 Å². The van der Waals surface area contributed by atoms with Crippen molar-refractivity contribution in [1.82, 2.24) is 4.90 Å². The van der Waals surface area contributed by atoms with E-state index in [4.69, 9.17) is 21.7 Å². The highest BCUT2D eigenvalue weighted by Gasteiger charge is 2.34. The normalized spacial score (nSPS) is 12.7. The van der Waals surface area contributed by atoms with Crippen LogP contribution in [0.15, 0.2) is 40.1 Å². The summed E-state index contributed by atoms with van der Waals surface area (Å²) in [4.78, 5) is 3.37. The molecule has 0 bridgehead atoms. The summed E-state index contributed by atoms with van der Waals surface area (Å²) in [6.07, 6.45) is 0. The van der Waals surface area contributed by atoms with Gasteiger partial charge in [0.2, 0.25) is 0 Å². The van der Waals surface area contributed by atoms with Crippen LogP contribution in [0.5, 0.6) is 17.2 Å². The van der Waals surface area contributed by atoms with Crippen molar-refractivity contribution in [2.45, 2.75) is 43.3 Å². The van der Waals surface area contributed by atoms with Crippen LogP contribution in [0.4, 0.5) is 4.39 Å². The standard InChI is InChI=1S/C20H24FNO2S2Si/c1-6-22(7-2)20(25)24-15-12-13(21)18-17(19(15)27(3,4)5)23-14-10-8-9-11-16(14)26-18/h8-12H,6-7H2,1-5H3. The first-order valence-corrected chi connectivity index (χ1v) is 13.8. The van der Waals surface area contributed by atoms with Crippen molar-refractivity contribution >= 4 is 42.4 Å². The predicted molar refractivity (Wildman–Crippen MR) is 116 cm³/mol. The summed E-state index contributed by atoms with van der Waals surface area (Å²) < 4.78 is 27.2. The summed E-state index contributed by atoms with van der Waals surface area (Å²) in [6, 6.07) is 9.16. The zero-order valence-electron chi connectivity index (χ0n) is 16.3. The first-order valence-electron chi connectivity index (χ1n) is 9.04. The molecule has 0 saturated carbocycles. The van der Waals surface area contributed by atoms with Crippen molar-refractivity contribution in [2.24, 2.45) is 0 Å². The molecule has 0 unspecified atom stereocenters. The molecule has 1 aliphatic rings. The van der Waals surface area contributed by atoms with Crippen LogP contribution in [0.2, 0.25) is 19.6 Å². The van der Waals surface area contributed by atoms with Crippen molar-refractivity contribution in [3.8, 4) is 17.2 Å². The lowest BCUT2D eigenvalue weighted by molar-refractivity contribution is 0.376. The highest BCUT2D eigenvalue weighted by atomic mass is 32.2. The summed E-state index contributed by atoms with van der Waals surface area (Å²) >= 11 is 6.86. The molecular formula is C20H24FNO2S2Si. The second-order valence-corrected chi connectivity index (χ2v) is 13.7. The minimum atomic E-state index is -1.93. The van der Waals surface area contributed by atoms with Crippen molar-refractivity contribution in [3.05, 3.63) is 36.1 Å². The number of hydrogen-bond acceptors (Lipinski definition) is 4. The highest BCUT2D eigenvalue weighted by Crippen LogP contribution is 2.49. The number of halogens is 1. The van der Waals surface area contributed by atoms with Gasteiger partial charge in [-0.3, -0.25) is 0 Å². The number of ether oxygens (including phenoxy) is 2.